The molecule has 0 N–H and O–H groups in total. The average molecular weight is 266 g/mol. The van der Waals surface area contributed by atoms with Crippen LogP contribution >= 0.6 is 15.9 Å². The van der Waals surface area contributed by atoms with Crippen LogP contribution in [0.1, 0.15) is 16.1 Å². The van der Waals surface area contributed by atoms with Gasteiger partial charge in [-0.05, 0) is 40.5 Å². The number of halogens is 1. The van der Waals surface area contributed by atoms with Crippen LogP contribution in [0, 0.1) is 6.92 Å². The number of aryl methyl sites for hydroxylation is 1. The lowest BCUT2D eigenvalue weighted by Gasteiger charge is -2.03. The Kier molecular flexibility index (Phi) is 2.64. The largest absolute Gasteiger partial charge is 0.296 e. The predicted octanol–water partition coefficient (Wildman–Crippen LogP) is 2.15. The van der Waals surface area contributed by atoms with Crippen molar-refractivity contribution in [1.82, 2.24) is 15.0 Å². The number of nitrogens with zero attached hydrogens (tertiary/aromatic N) is 3. The lowest BCUT2D eigenvalue weighted by molar-refractivity contribution is 0.111. The van der Waals surface area contributed by atoms with E-state index in [1.807, 2.05) is 25.1 Å². The van der Waals surface area contributed by atoms with Crippen LogP contribution in [0.4, 0.5) is 0 Å². The quantitative estimate of drug-likeness (QED) is 0.782. The molecule has 0 fully saturated rings. The molecule has 0 atom stereocenters. The van der Waals surface area contributed by atoms with Gasteiger partial charge in [-0.15, -0.1) is 5.10 Å². The topological polar surface area (TPSA) is 47.8 Å². The van der Waals surface area contributed by atoms with E-state index in [0.717, 1.165) is 15.7 Å². The standard InChI is InChI=1S/C10H8BrN3O/c1-7-2-3-9(11)10(4-7)14-5-8(6-15)12-13-14/h2-6H,1H3. The Morgan fingerprint density at radius 2 is 2.27 bits per heavy atom. The van der Waals surface area contributed by atoms with Crippen LogP contribution < -0.4 is 0 Å². The zero-order valence-corrected chi connectivity index (χ0v) is 9.60. The van der Waals surface area contributed by atoms with E-state index in [9.17, 15) is 4.79 Å². The fourth-order valence-electron chi connectivity index (χ4n) is 1.25. The molecule has 2 aromatic rings. The average Bonchev–Trinajstić information content (AvgIpc) is 2.70. The van der Waals surface area contributed by atoms with Crippen molar-refractivity contribution in [3.63, 3.8) is 0 Å². The third kappa shape index (κ3) is 1.97. The van der Waals surface area contributed by atoms with E-state index in [-0.39, 0.29) is 0 Å². The van der Waals surface area contributed by atoms with E-state index >= 15 is 0 Å². The molecule has 1 aromatic carbocycles. The van der Waals surface area contributed by atoms with Crippen LogP contribution in [0.5, 0.6) is 0 Å². The molecule has 0 amide bonds. The summed E-state index contributed by atoms with van der Waals surface area (Å²) < 4.78 is 2.48. The molecule has 0 unspecified atom stereocenters. The summed E-state index contributed by atoms with van der Waals surface area (Å²) in [6.45, 7) is 1.99. The fourth-order valence-corrected chi connectivity index (χ4v) is 1.68. The smallest absolute Gasteiger partial charge is 0.171 e. The monoisotopic (exact) mass is 265 g/mol. The maximum Gasteiger partial charge on any atom is 0.171 e. The number of rotatable bonds is 2. The summed E-state index contributed by atoms with van der Waals surface area (Å²) in [5.74, 6) is 0. The lowest BCUT2D eigenvalue weighted by atomic mass is 10.2. The summed E-state index contributed by atoms with van der Waals surface area (Å²) in [6, 6.07) is 5.89. The van der Waals surface area contributed by atoms with Crippen LogP contribution in [0.15, 0.2) is 28.9 Å². The van der Waals surface area contributed by atoms with Gasteiger partial charge in [-0.2, -0.15) is 0 Å². The van der Waals surface area contributed by atoms with Gasteiger partial charge in [-0.25, -0.2) is 4.68 Å². The van der Waals surface area contributed by atoms with Crippen molar-refractivity contribution < 1.29 is 4.79 Å². The summed E-state index contributed by atoms with van der Waals surface area (Å²) in [7, 11) is 0. The molecule has 0 aliphatic heterocycles. The Morgan fingerprint density at radius 1 is 1.47 bits per heavy atom. The molecule has 76 valence electrons. The first-order valence-corrected chi connectivity index (χ1v) is 5.14. The third-order valence-corrected chi connectivity index (χ3v) is 2.65. The van der Waals surface area contributed by atoms with E-state index in [2.05, 4.69) is 26.2 Å². The van der Waals surface area contributed by atoms with E-state index in [1.165, 1.54) is 0 Å². The Bertz CT molecular complexity index is 507. The minimum atomic E-state index is 0.323. The first kappa shape index (κ1) is 10.0. The molecule has 0 aliphatic rings. The molecule has 4 nitrogen and oxygen atoms in total. The summed E-state index contributed by atoms with van der Waals surface area (Å²) in [5.41, 5.74) is 2.32. The highest BCUT2D eigenvalue weighted by Gasteiger charge is 2.05. The molecular formula is C10H8BrN3O. The van der Waals surface area contributed by atoms with Gasteiger partial charge in [0.05, 0.1) is 11.9 Å². The van der Waals surface area contributed by atoms with Crippen molar-refractivity contribution in [3.05, 3.63) is 40.1 Å². The number of hydrogen-bond donors (Lipinski definition) is 0. The number of aromatic nitrogens is 3. The molecular weight excluding hydrogens is 258 g/mol. The minimum absolute atomic E-state index is 0.323. The number of carbonyl (C=O) groups is 1. The first-order chi connectivity index (χ1) is 7.20. The van der Waals surface area contributed by atoms with Gasteiger partial charge in [0.1, 0.15) is 5.69 Å². The molecule has 1 heterocycles. The van der Waals surface area contributed by atoms with Crippen LogP contribution in [0.2, 0.25) is 0 Å². The molecule has 0 aliphatic carbocycles. The van der Waals surface area contributed by atoms with Crippen molar-refractivity contribution in [2.75, 3.05) is 0 Å². The number of hydrogen-bond acceptors (Lipinski definition) is 3. The van der Waals surface area contributed by atoms with Crippen LogP contribution in [0.3, 0.4) is 0 Å². The Hall–Kier alpha value is -1.49. The van der Waals surface area contributed by atoms with Gasteiger partial charge in [0, 0.05) is 4.47 Å². The van der Waals surface area contributed by atoms with Crippen LogP contribution in [-0.4, -0.2) is 21.3 Å². The van der Waals surface area contributed by atoms with Crippen LogP contribution in [-0.2, 0) is 0 Å². The van der Waals surface area contributed by atoms with Crippen molar-refractivity contribution in [2.45, 2.75) is 6.92 Å². The van der Waals surface area contributed by atoms with Gasteiger partial charge in [0.15, 0.2) is 6.29 Å². The summed E-state index contributed by atoms with van der Waals surface area (Å²) in [5, 5.41) is 7.57. The van der Waals surface area contributed by atoms with Gasteiger partial charge in [-0.1, -0.05) is 11.3 Å². The molecule has 0 saturated heterocycles. The molecule has 0 spiro atoms. The number of benzene rings is 1. The summed E-state index contributed by atoms with van der Waals surface area (Å²) >= 11 is 3.42. The van der Waals surface area contributed by atoms with E-state index in [1.54, 1.807) is 10.9 Å². The van der Waals surface area contributed by atoms with Gasteiger partial charge in [0.2, 0.25) is 0 Å². The number of carbonyl (C=O) groups excluding carboxylic acids is 1. The zero-order chi connectivity index (χ0) is 10.8. The normalized spacial score (nSPS) is 10.3. The molecule has 1 aromatic heterocycles. The second-order valence-electron chi connectivity index (χ2n) is 3.16. The highest BCUT2D eigenvalue weighted by molar-refractivity contribution is 9.10. The molecule has 0 bridgehead atoms. The minimum Gasteiger partial charge on any atom is -0.296 e. The summed E-state index contributed by atoms with van der Waals surface area (Å²) in [4.78, 5) is 10.5. The predicted molar refractivity (Wildman–Crippen MR) is 59.2 cm³/mol. The van der Waals surface area contributed by atoms with Crippen molar-refractivity contribution in [1.29, 1.82) is 0 Å². The lowest BCUT2D eigenvalue weighted by Crippen LogP contribution is -1.96. The van der Waals surface area contributed by atoms with Crippen LogP contribution in [0.25, 0.3) is 5.69 Å². The third-order valence-electron chi connectivity index (χ3n) is 1.98. The molecule has 0 radical (unpaired) electrons. The molecule has 2 rings (SSSR count). The summed E-state index contributed by atoms with van der Waals surface area (Å²) in [6.07, 6.45) is 2.26. The van der Waals surface area contributed by atoms with Gasteiger partial charge < -0.3 is 0 Å². The Morgan fingerprint density at radius 3 is 2.93 bits per heavy atom. The maximum atomic E-state index is 10.5. The van der Waals surface area contributed by atoms with Crippen molar-refractivity contribution >= 4 is 22.2 Å². The molecule has 0 saturated carbocycles. The highest BCUT2D eigenvalue weighted by Crippen LogP contribution is 2.21. The van der Waals surface area contributed by atoms with E-state index < -0.39 is 0 Å². The van der Waals surface area contributed by atoms with Crippen molar-refractivity contribution in [2.24, 2.45) is 0 Å². The van der Waals surface area contributed by atoms with Gasteiger partial charge >= 0.3 is 0 Å². The Balaban J connectivity index is 2.52. The maximum absolute atomic E-state index is 10.5. The SMILES string of the molecule is Cc1ccc(Br)c(-n2cc(C=O)nn2)c1. The second kappa shape index (κ2) is 3.94. The van der Waals surface area contributed by atoms with Gasteiger partial charge in [-0.3, -0.25) is 4.79 Å². The highest BCUT2D eigenvalue weighted by atomic mass is 79.9. The Labute approximate surface area is 95.0 Å². The number of aldehydes is 1. The molecule has 15 heavy (non-hydrogen) atoms. The zero-order valence-electron chi connectivity index (χ0n) is 8.01. The van der Waals surface area contributed by atoms with Gasteiger partial charge in [0.25, 0.3) is 0 Å². The van der Waals surface area contributed by atoms with E-state index in [0.29, 0.717) is 12.0 Å². The second-order valence-corrected chi connectivity index (χ2v) is 4.02. The molecule has 5 heteroatoms. The first-order valence-electron chi connectivity index (χ1n) is 4.35. The fraction of sp³-hybridized carbons (Fsp3) is 0.100. The van der Waals surface area contributed by atoms with Crippen molar-refractivity contribution in [3.8, 4) is 5.69 Å². The van der Waals surface area contributed by atoms with E-state index in [4.69, 9.17) is 0 Å².